The fourth-order valence-electron chi connectivity index (χ4n) is 4.15. The van der Waals surface area contributed by atoms with Gasteiger partial charge in [-0.25, -0.2) is 9.59 Å². The molecule has 2 aliphatic rings. The number of amides is 1. The van der Waals surface area contributed by atoms with Crippen molar-refractivity contribution in [1.29, 1.82) is 0 Å². The molecule has 0 saturated carbocycles. The van der Waals surface area contributed by atoms with Gasteiger partial charge in [0.05, 0.1) is 23.6 Å². The molecule has 6 atom stereocenters. The number of rotatable bonds is 9. The van der Waals surface area contributed by atoms with E-state index >= 15 is 0 Å². The molecule has 1 fully saturated rings. The van der Waals surface area contributed by atoms with E-state index in [0.717, 1.165) is 0 Å². The van der Waals surface area contributed by atoms with Gasteiger partial charge in [0.1, 0.15) is 12.0 Å². The van der Waals surface area contributed by atoms with Crippen molar-refractivity contribution in [2.45, 2.75) is 43.7 Å². The molecule has 0 aromatic heterocycles. The molecule has 1 aromatic rings. The smallest absolute Gasteiger partial charge is 0.352 e. The summed E-state index contributed by atoms with van der Waals surface area (Å²) in [6.45, 7) is 3.78. The van der Waals surface area contributed by atoms with Gasteiger partial charge >= 0.3 is 11.9 Å². The molecule has 2 heterocycles. The highest BCUT2D eigenvalue weighted by Gasteiger charge is 2.42. The molecule has 1 aromatic carbocycles. The first-order valence-electron chi connectivity index (χ1n) is 10.5. The second kappa shape index (κ2) is 10.4. The van der Waals surface area contributed by atoms with Gasteiger partial charge < -0.3 is 36.1 Å². The van der Waals surface area contributed by atoms with Crippen LogP contribution in [0.15, 0.2) is 34.9 Å². The summed E-state index contributed by atoms with van der Waals surface area (Å²) in [6, 6.07) is 4.90. The summed E-state index contributed by atoms with van der Waals surface area (Å²) < 4.78 is 0. The lowest BCUT2D eigenvalue weighted by Crippen LogP contribution is -2.42. The predicted molar refractivity (Wildman–Crippen MR) is 122 cm³/mol. The average Bonchev–Trinajstić information content (AvgIpc) is 3.35. The van der Waals surface area contributed by atoms with Crippen LogP contribution >= 0.6 is 11.8 Å². The highest BCUT2D eigenvalue weighted by molar-refractivity contribution is 8.03. The Morgan fingerprint density at radius 2 is 1.97 bits per heavy atom. The van der Waals surface area contributed by atoms with E-state index in [1.807, 2.05) is 6.92 Å². The average molecular weight is 478 g/mol. The summed E-state index contributed by atoms with van der Waals surface area (Å²) >= 11 is 1.36. The molecule has 0 spiro atoms. The van der Waals surface area contributed by atoms with Gasteiger partial charge in [-0.3, -0.25) is 4.79 Å². The first-order valence-corrected chi connectivity index (χ1v) is 11.4. The number of aliphatic hydroxyl groups is 1. The fraction of sp³-hybridized carbons (Fsp3) is 0.455. The first kappa shape index (κ1) is 24.7. The van der Waals surface area contributed by atoms with Crippen LogP contribution in [0.1, 0.15) is 30.6 Å². The minimum Gasteiger partial charge on any atom is -0.478 e. The lowest BCUT2D eigenvalue weighted by Gasteiger charge is -2.26. The third-order valence-electron chi connectivity index (χ3n) is 5.93. The number of thioether (sulfide) groups is 1. The lowest BCUT2D eigenvalue weighted by atomic mass is 9.89. The molecule has 3 rings (SSSR count). The van der Waals surface area contributed by atoms with Crippen molar-refractivity contribution in [3.05, 3.63) is 40.4 Å². The number of hydrogen-bond donors (Lipinski definition) is 6. The fourth-order valence-corrected chi connectivity index (χ4v) is 5.60. The summed E-state index contributed by atoms with van der Waals surface area (Å²) in [5, 5.41) is 37.3. The summed E-state index contributed by atoms with van der Waals surface area (Å²) in [4.78, 5) is 47.6. The monoisotopic (exact) mass is 477 g/mol. The highest BCUT2D eigenvalue weighted by atomic mass is 32.2. The van der Waals surface area contributed by atoms with Gasteiger partial charge in [-0.2, -0.15) is 0 Å². The van der Waals surface area contributed by atoms with Crippen molar-refractivity contribution >= 4 is 41.6 Å². The molecule has 0 bridgehead atoms. The normalized spacial score (nSPS) is 26.4. The van der Waals surface area contributed by atoms with E-state index in [9.17, 15) is 29.4 Å². The Morgan fingerprint density at radius 1 is 1.24 bits per heavy atom. The Morgan fingerprint density at radius 3 is 2.58 bits per heavy atom. The number of carbonyl (C=O) groups is 4. The van der Waals surface area contributed by atoms with Crippen LogP contribution < -0.4 is 16.0 Å². The SMILES string of the molecule is C[C@@H](O)[C@@H](C=O)[C@@H]1NC(C(=O)O)=C(S[C@@H]2CN[C@@H](C(=O)Nc3cccc(C(=O)O)c3)C2)[C@@H]1C. The molecule has 0 unspecified atom stereocenters. The number of carboxylic acids is 2. The second-order valence-corrected chi connectivity index (χ2v) is 9.61. The van der Waals surface area contributed by atoms with Crippen LogP contribution in [0.2, 0.25) is 0 Å². The van der Waals surface area contributed by atoms with Crippen LogP contribution in [0, 0.1) is 11.8 Å². The Bertz CT molecular complexity index is 980. The van der Waals surface area contributed by atoms with Gasteiger partial charge in [0, 0.05) is 34.3 Å². The first-order chi connectivity index (χ1) is 15.6. The lowest BCUT2D eigenvalue weighted by molar-refractivity contribution is -0.133. The van der Waals surface area contributed by atoms with E-state index in [-0.39, 0.29) is 28.3 Å². The maximum Gasteiger partial charge on any atom is 0.352 e. The van der Waals surface area contributed by atoms with Crippen molar-refractivity contribution in [2.75, 3.05) is 11.9 Å². The van der Waals surface area contributed by atoms with Crippen LogP contribution in [0.4, 0.5) is 5.69 Å². The maximum atomic E-state index is 12.7. The molecule has 0 radical (unpaired) electrons. The molecule has 10 nitrogen and oxygen atoms in total. The van der Waals surface area contributed by atoms with Crippen molar-refractivity contribution in [3.63, 3.8) is 0 Å². The Kier molecular flexibility index (Phi) is 7.77. The van der Waals surface area contributed by atoms with Gasteiger partial charge in [0.25, 0.3) is 0 Å². The zero-order valence-corrected chi connectivity index (χ0v) is 19.0. The Hall–Kier alpha value is -2.89. The predicted octanol–water partition coefficient (Wildman–Crippen LogP) is 0.887. The molecule has 33 heavy (non-hydrogen) atoms. The highest BCUT2D eigenvalue weighted by Crippen LogP contribution is 2.41. The van der Waals surface area contributed by atoms with Gasteiger partial charge in [0.2, 0.25) is 5.91 Å². The Balaban J connectivity index is 1.65. The molecule has 0 aliphatic carbocycles. The molecule has 1 amide bonds. The van der Waals surface area contributed by atoms with Crippen molar-refractivity contribution in [1.82, 2.24) is 10.6 Å². The Labute approximate surface area is 194 Å². The standard InChI is InChI=1S/C22H27N3O7S/c1-10-17(15(9-26)11(2)27)25-18(22(31)32)19(10)33-14-7-16(23-8-14)20(28)24-13-5-3-4-12(6-13)21(29)30/h3-6,9-11,14-17,23,25,27H,7-8H2,1-2H3,(H,24,28)(H,29,30)(H,31,32)/t10-,11-,14+,15-,16-,17-/m1/s1. The number of aliphatic carboxylic acids is 1. The maximum absolute atomic E-state index is 12.7. The van der Waals surface area contributed by atoms with E-state index in [4.69, 9.17) is 5.11 Å². The number of benzene rings is 1. The summed E-state index contributed by atoms with van der Waals surface area (Å²) in [5.41, 5.74) is 0.461. The van der Waals surface area contributed by atoms with Gasteiger partial charge in [-0.1, -0.05) is 13.0 Å². The third-order valence-corrected chi connectivity index (χ3v) is 7.45. The van der Waals surface area contributed by atoms with E-state index in [0.29, 0.717) is 29.8 Å². The molecular weight excluding hydrogens is 450 g/mol. The largest absolute Gasteiger partial charge is 0.478 e. The van der Waals surface area contributed by atoms with Crippen molar-refractivity contribution in [2.24, 2.45) is 11.8 Å². The molecule has 178 valence electrons. The number of carboxylic acid groups (broad SMARTS) is 2. The zero-order chi connectivity index (χ0) is 24.3. The number of anilines is 1. The van der Waals surface area contributed by atoms with Crippen LogP contribution in [0.5, 0.6) is 0 Å². The number of nitrogens with one attached hydrogen (secondary N) is 3. The molecule has 6 N–H and O–H groups in total. The molecule has 2 aliphatic heterocycles. The number of hydrogen-bond acceptors (Lipinski definition) is 8. The van der Waals surface area contributed by atoms with E-state index in [1.54, 1.807) is 12.1 Å². The third kappa shape index (κ3) is 5.55. The second-order valence-electron chi connectivity index (χ2n) is 8.27. The van der Waals surface area contributed by atoms with Crippen molar-refractivity contribution in [3.8, 4) is 0 Å². The van der Waals surface area contributed by atoms with Crippen LogP contribution in [-0.2, 0) is 14.4 Å². The van der Waals surface area contributed by atoms with Gasteiger partial charge in [-0.15, -0.1) is 11.8 Å². The van der Waals surface area contributed by atoms with Gasteiger partial charge in [0.15, 0.2) is 0 Å². The molecule has 11 heteroatoms. The molecular formula is C22H27N3O7S. The minimum absolute atomic E-state index is 0.0170. The van der Waals surface area contributed by atoms with Crippen LogP contribution in [-0.4, -0.2) is 69.4 Å². The molecule has 1 saturated heterocycles. The van der Waals surface area contributed by atoms with E-state index in [1.165, 1.54) is 30.8 Å². The van der Waals surface area contributed by atoms with Crippen molar-refractivity contribution < 1.29 is 34.5 Å². The van der Waals surface area contributed by atoms with E-state index < -0.39 is 36.0 Å². The summed E-state index contributed by atoms with van der Waals surface area (Å²) in [6.07, 6.45) is 0.154. The number of carbonyl (C=O) groups excluding carboxylic acids is 2. The summed E-state index contributed by atoms with van der Waals surface area (Å²) in [7, 11) is 0. The zero-order valence-electron chi connectivity index (χ0n) is 18.1. The van der Waals surface area contributed by atoms with Crippen LogP contribution in [0.25, 0.3) is 0 Å². The topological polar surface area (TPSA) is 165 Å². The number of aromatic carboxylic acids is 1. The van der Waals surface area contributed by atoms with Crippen LogP contribution in [0.3, 0.4) is 0 Å². The summed E-state index contributed by atoms with van der Waals surface area (Å²) in [5.74, 6) is -3.60. The van der Waals surface area contributed by atoms with E-state index in [2.05, 4.69) is 16.0 Å². The minimum atomic E-state index is -1.14. The number of aldehydes is 1. The number of aliphatic hydroxyl groups excluding tert-OH is 1. The van der Waals surface area contributed by atoms with Gasteiger partial charge in [-0.05, 0) is 31.5 Å². The quantitative estimate of drug-likeness (QED) is 0.281.